The number of sulfonamides is 1. The fraction of sp³-hybridized carbons (Fsp3) is 0.235. The van der Waals surface area contributed by atoms with Crippen molar-refractivity contribution in [1.29, 1.82) is 0 Å². The van der Waals surface area contributed by atoms with Crippen molar-refractivity contribution in [3.05, 3.63) is 53.1 Å². The van der Waals surface area contributed by atoms with Crippen LogP contribution in [0.5, 0.6) is 5.75 Å². The Morgan fingerprint density at radius 1 is 1.24 bits per heavy atom. The molecule has 2 rings (SSSR count). The number of para-hydroxylation sites is 2. The summed E-state index contributed by atoms with van der Waals surface area (Å²) in [5.74, 6) is 0.0831. The van der Waals surface area contributed by atoms with Gasteiger partial charge >= 0.3 is 0 Å². The third-order valence-electron chi connectivity index (χ3n) is 3.49. The molecule has 0 radical (unpaired) electrons. The number of hydrogen-bond acceptors (Lipinski definition) is 4. The SMILES string of the molecule is CCOc1ccccc1NC(=O)c1cc(N(C)S(C)(=O)=O)ccc1Cl. The van der Waals surface area contributed by atoms with Crippen LogP contribution in [0.25, 0.3) is 0 Å². The minimum absolute atomic E-state index is 0.168. The average Bonchev–Trinajstić information content (AvgIpc) is 2.55. The second kappa shape index (κ2) is 7.76. The number of halogens is 1. The van der Waals surface area contributed by atoms with Gasteiger partial charge in [-0.15, -0.1) is 0 Å². The minimum atomic E-state index is -3.45. The van der Waals surface area contributed by atoms with Crippen LogP contribution in [0.1, 0.15) is 17.3 Å². The van der Waals surface area contributed by atoms with E-state index in [1.165, 1.54) is 25.2 Å². The Bertz CT molecular complexity index is 884. The van der Waals surface area contributed by atoms with Crippen molar-refractivity contribution in [2.45, 2.75) is 6.92 Å². The maximum atomic E-state index is 12.6. The minimum Gasteiger partial charge on any atom is -0.492 e. The summed E-state index contributed by atoms with van der Waals surface area (Å²) in [6.45, 7) is 2.31. The van der Waals surface area contributed by atoms with Crippen LogP contribution in [0.3, 0.4) is 0 Å². The molecule has 2 aromatic rings. The lowest BCUT2D eigenvalue weighted by molar-refractivity contribution is 0.102. The van der Waals surface area contributed by atoms with Gasteiger partial charge in [-0.3, -0.25) is 9.10 Å². The fourth-order valence-electron chi connectivity index (χ4n) is 2.12. The maximum Gasteiger partial charge on any atom is 0.257 e. The molecule has 0 aromatic heterocycles. The lowest BCUT2D eigenvalue weighted by Crippen LogP contribution is -2.25. The molecule has 0 fully saturated rings. The standard InChI is InChI=1S/C17H19ClN2O4S/c1-4-24-16-8-6-5-7-15(16)19-17(21)13-11-12(9-10-14(13)18)20(2)25(3,22)23/h5-11H,4H2,1-3H3,(H,19,21). The van der Waals surface area contributed by atoms with Gasteiger partial charge in [0.1, 0.15) is 5.75 Å². The van der Waals surface area contributed by atoms with Crippen LogP contribution in [0, 0.1) is 0 Å². The highest BCUT2D eigenvalue weighted by atomic mass is 35.5. The van der Waals surface area contributed by atoms with Crippen LogP contribution in [0.4, 0.5) is 11.4 Å². The summed E-state index contributed by atoms with van der Waals surface area (Å²) in [7, 11) is -2.04. The molecule has 2 aromatic carbocycles. The third-order valence-corrected chi connectivity index (χ3v) is 5.03. The summed E-state index contributed by atoms with van der Waals surface area (Å²) in [4.78, 5) is 12.6. The average molecular weight is 383 g/mol. The highest BCUT2D eigenvalue weighted by Crippen LogP contribution is 2.28. The molecule has 0 bridgehead atoms. The van der Waals surface area contributed by atoms with Crippen LogP contribution in [-0.2, 0) is 10.0 Å². The van der Waals surface area contributed by atoms with E-state index in [-0.39, 0.29) is 10.6 Å². The van der Waals surface area contributed by atoms with E-state index < -0.39 is 15.9 Å². The van der Waals surface area contributed by atoms with Gasteiger partial charge < -0.3 is 10.1 Å². The number of nitrogens with zero attached hydrogens (tertiary/aromatic N) is 1. The zero-order valence-electron chi connectivity index (χ0n) is 14.1. The van der Waals surface area contributed by atoms with Gasteiger partial charge in [-0.2, -0.15) is 0 Å². The maximum absolute atomic E-state index is 12.6. The number of hydrogen-bond donors (Lipinski definition) is 1. The molecular weight excluding hydrogens is 364 g/mol. The normalized spacial score (nSPS) is 11.0. The van der Waals surface area contributed by atoms with Crippen molar-refractivity contribution in [1.82, 2.24) is 0 Å². The quantitative estimate of drug-likeness (QED) is 0.830. The van der Waals surface area contributed by atoms with Crippen molar-refractivity contribution in [3.63, 3.8) is 0 Å². The van der Waals surface area contributed by atoms with Gasteiger partial charge in [-0.1, -0.05) is 23.7 Å². The van der Waals surface area contributed by atoms with Gasteiger partial charge in [0.2, 0.25) is 10.0 Å². The molecule has 0 heterocycles. The molecule has 25 heavy (non-hydrogen) atoms. The molecule has 0 aliphatic heterocycles. The van der Waals surface area contributed by atoms with E-state index in [0.717, 1.165) is 10.6 Å². The summed E-state index contributed by atoms with van der Waals surface area (Å²) >= 11 is 6.12. The molecule has 0 saturated carbocycles. The van der Waals surface area contributed by atoms with Gasteiger partial charge in [0, 0.05) is 7.05 Å². The van der Waals surface area contributed by atoms with E-state index in [0.29, 0.717) is 23.7 Å². The highest BCUT2D eigenvalue weighted by Gasteiger charge is 2.18. The number of benzene rings is 2. The fourth-order valence-corrected chi connectivity index (χ4v) is 2.82. The van der Waals surface area contributed by atoms with Crippen molar-refractivity contribution in [2.75, 3.05) is 29.5 Å². The molecule has 0 aliphatic carbocycles. The molecule has 1 N–H and O–H groups in total. The lowest BCUT2D eigenvalue weighted by Gasteiger charge is -2.18. The van der Waals surface area contributed by atoms with Gasteiger partial charge in [0.15, 0.2) is 0 Å². The first kappa shape index (κ1) is 19.1. The number of rotatable bonds is 6. The molecule has 0 saturated heterocycles. The molecular formula is C17H19ClN2O4S. The monoisotopic (exact) mass is 382 g/mol. The molecule has 6 nitrogen and oxygen atoms in total. The Morgan fingerprint density at radius 2 is 1.92 bits per heavy atom. The Kier molecular flexibility index (Phi) is 5.92. The summed E-state index contributed by atoms with van der Waals surface area (Å²) in [5.41, 5.74) is 1.02. The zero-order chi connectivity index (χ0) is 18.6. The van der Waals surface area contributed by atoms with Crippen molar-refractivity contribution >= 4 is 38.9 Å². The third kappa shape index (κ3) is 4.64. The first-order valence-electron chi connectivity index (χ1n) is 7.50. The van der Waals surface area contributed by atoms with Gasteiger partial charge in [-0.05, 0) is 37.3 Å². The van der Waals surface area contributed by atoms with Crippen LogP contribution < -0.4 is 14.4 Å². The molecule has 0 atom stereocenters. The highest BCUT2D eigenvalue weighted by molar-refractivity contribution is 7.92. The molecule has 0 spiro atoms. The van der Waals surface area contributed by atoms with E-state index in [1.54, 1.807) is 24.3 Å². The predicted octanol–water partition coefficient (Wildman–Crippen LogP) is 3.39. The number of anilines is 2. The largest absolute Gasteiger partial charge is 0.492 e. The van der Waals surface area contributed by atoms with E-state index in [9.17, 15) is 13.2 Å². The molecule has 0 unspecified atom stereocenters. The number of nitrogens with one attached hydrogen (secondary N) is 1. The first-order valence-corrected chi connectivity index (χ1v) is 9.73. The van der Waals surface area contributed by atoms with Gasteiger partial charge in [0.05, 0.1) is 34.8 Å². The molecule has 0 aliphatic rings. The second-order valence-corrected chi connectivity index (χ2v) is 7.70. The van der Waals surface area contributed by atoms with Gasteiger partial charge in [-0.25, -0.2) is 8.42 Å². The molecule has 8 heteroatoms. The topological polar surface area (TPSA) is 75.7 Å². The zero-order valence-corrected chi connectivity index (χ0v) is 15.7. The summed E-state index contributed by atoms with van der Waals surface area (Å²) in [6.07, 6.45) is 1.08. The van der Waals surface area contributed by atoms with Crippen LogP contribution >= 0.6 is 11.6 Å². The summed E-state index contributed by atoms with van der Waals surface area (Å²) in [6, 6.07) is 11.5. The number of carbonyl (C=O) groups excluding carboxylic acids is 1. The van der Waals surface area contributed by atoms with E-state index in [4.69, 9.17) is 16.3 Å². The predicted molar refractivity (Wildman–Crippen MR) is 100 cm³/mol. The van der Waals surface area contributed by atoms with E-state index in [2.05, 4.69) is 5.32 Å². The number of carbonyl (C=O) groups is 1. The van der Waals surface area contributed by atoms with Crippen LogP contribution in [0.15, 0.2) is 42.5 Å². The number of amides is 1. The molecule has 1 amide bonds. The second-order valence-electron chi connectivity index (χ2n) is 5.28. The smallest absolute Gasteiger partial charge is 0.257 e. The van der Waals surface area contributed by atoms with Crippen LogP contribution in [0.2, 0.25) is 5.02 Å². The van der Waals surface area contributed by atoms with Gasteiger partial charge in [0.25, 0.3) is 5.91 Å². The Balaban J connectivity index is 2.34. The Morgan fingerprint density at radius 3 is 2.56 bits per heavy atom. The van der Waals surface area contributed by atoms with Crippen LogP contribution in [-0.4, -0.2) is 34.2 Å². The van der Waals surface area contributed by atoms with E-state index >= 15 is 0 Å². The number of ether oxygens (including phenoxy) is 1. The lowest BCUT2D eigenvalue weighted by atomic mass is 10.1. The molecule has 134 valence electrons. The summed E-state index contributed by atoms with van der Waals surface area (Å²) < 4.78 is 29.9. The van der Waals surface area contributed by atoms with Crippen molar-refractivity contribution in [2.24, 2.45) is 0 Å². The van der Waals surface area contributed by atoms with Crippen molar-refractivity contribution < 1.29 is 17.9 Å². The Labute approximate surface area is 152 Å². The summed E-state index contributed by atoms with van der Waals surface area (Å²) in [5, 5.41) is 2.96. The Hall–Kier alpha value is -2.25. The van der Waals surface area contributed by atoms with E-state index in [1.807, 2.05) is 6.92 Å². The van der Waals surface area contributed by atoms with Crippen molar-refractivity contribution in [3.8, 4) is 5.75 Å². The first-order chi connectivity index (χ1) is 11.7.